The molecule has 2 heterocycles. The first-order valence-corrected chi connectivity index (χ1v) is 6.87. The van der Waals surface area contributed by atoms with Crippen LogP contribution in [0.25, 0.3) is 0 Å². The van der Waals surface area contributed by atoms with Crippen LogP contribution in [0.4, 0.5) is 19.1 Å². The summed E-state index contributed by atoms with van der Waals surface area (Å²) >= 11 is 0. The molecule has 1 aromatic rings. The third-order valence-corrected chi connectivity index (χ3v) is 3.56. The lowest BCUT2D eigenvalue weighted by molar-refractivity contribution is -0.141. The van der Waals surface area contributed by atoms with Crippen molar-refractivity contribution >= 4 is 5.95 Å². The minimum atomic E-state index is -4.52. The Labute approximate surface area is 121 Å². The van der Waals surface area contributed by atoms with Gasteiger partial charge in [0.1, 0.15) is 6.61 Å². The quantitative estimate of drug-likeness (QED) is 0.925. The van der Waals surface area contributed by atoms with Gasteiger partial charge < -0.3 is 15.0 Å². The molecule has 2 rings (SSSR count). The zero-order valence-electron chi connectivity index (χ0n) is 12.1. The highest BCUT2D eigenvalue weighted by atomic mass is 19.4. The number of piperidine rings is 1. The van der Waals surface area contributed by atoms with Gasteiger partial charge in [-0.25, -0.2) is 4.98 Å². The fourth-order valence-electron chi connectivity index (χ4n) is 2.29. The molecule has 21 heavy (non-hydrogen) atoms. The SMILES string of the molecule is CNc1nc(OCC2CCCCN2C)cc(C(F)(F)F)n1. The maximum Gasteiger partial charge on any atom is 0.433 e. The van der Waals surface area contributed by atoms with Crippen LogP contribution in [0.1, 0.15) is 25.0 Å². The molecule has 0 aromatic carbocycles. The van der Waals surface area contributed by atoms with Crippen LogP contribution in [-0.2, 0) is 6.18 Å². The molecule has 1 fully saturated rings. The maximum atomic E-state index is 12.8. The lowest BCUT2D eigenvalue weighted by Crippen LogP contribution is -2.40. The predicted molar refractivity (Wildman–Crippen MR) is 72.3 cm³/mol. The molecule has 1 saturated heterocycles. The van der Waals surface area contributed by atoms with Gasteiger partial charge in [0, 0.05) is 19.2 Å². The van der Waals surface area contributed by atoms with E-state index < -0.39 is 11.9 Å². The average Bonchev–Trinajstić information content (AvgIpc) is 2.45. The molecule has 118 valence electrons. The number of nitrogens with one attached hydrogen (secondary N) is 1. The highest BCUT2D eigenvalue weighted by Gasteiger charge is 2.34. The Balaban J connectivity index is 2.08. The van der Waals surface area contributed by atoms with Gasteiger partial charge >= 0.3 is 6.18 Å². The summed E-state index contributed by atoms with van der Waals surface area (Å²) in [6, 6.07) is 1.05. The fraction of sp³-hybridized carbons (Fsp3) is 0.692. The van der Waals surface area contributed by atoms with Gasteiger partial charge in [-0.3, -0.25) is 0 Å². The summed E-state index contributed by atoms with van der Waals surface area (Å²) in [5.41, 5.74) is -1.01. The van der Waals surface area contributed by atoms with E-state index in [2.05, 4.69) is 20.2 Å². The second-order valence-electron chi connectivity index (χ2n) is 5.10. The molecule has 1 atom stereocenters. The van der Waals surface area contributed by atoms with E-state index in [0.29, 0.717) is 6.61 Å². The zero-order chi connectivity index (χ0) is 15.5. The molecule has 0 spiro atoms. The number of hydrogen-bond acceptors (Lipinski definition) is 5. The molecule has 1 unspecified atom stereocenters. The van der Waals surface area contributed by atoms with Crippen LogP contribution < -0.4 is 10.1 Å². The molecular weight excluding hydrogens is 285 g/mol. The number of ether oxygens (including phenoxy) is 1. The zero-order valence-corrected chi connectivity index (χ0v) is 12.1. The molecule has 0 bridgehead atoms. The molecule has 1 aromatic heterocycles. The number of likely N-dealkylation sites (tertiary alicyclic amines) is 1. The maximum absolute atomic E-state index is 12.8. The molecule has 0 saturated carbocycles. The van der Waals surface area contributed by atoms with Crippen LogP contribution >= 0.6 is 0 Å². The molecule has 0 aliphatic carbocycles. The Morgan fingerprint density at radius 3 is 2.76 bits per heavy atom. The lowest BCUT2D eigenvalue weighted by Gasteiger charge is -2.32. The van der Waals surface area contributed by atoms with Crippen LogP contribution in [0.3, 0.4) is 0 Å². The van der Waals surface area contributed by atoms with Crippen molar-refractivity contribution in [1.29, 1.82) is 0 Å². The van der Waals surface area contributed by atoms with Crippen molar-refractivity contribution in [2.24, 2.45) is 0 Å². The number of anilines is 1. The van der Waals surface area contributed by atoms with Crippen molar-refractivity contribution in [3.63, 3.8) is 0 Å². The monoisotopic (exact) mass is 304 g/mol. The summed E-state index contributed by atoms with van der Waals surface area (Å²) in [5.74, 6) is -0.155. The minimum Gasteiger partial charge on any atom is -0.476 e. The van der Waals surface area contributed by atoms with Crippen LogP contribution in [0.2, 0.25) is 0 Å². The molecule has 0 amide bonds. The summed E-state index contributed by atoms with van der Waals surface area (Å²) in [6.07, 6.45) is -1.29. The lowest BCUT2D eigenvalue weighted by atomic mass is 10.0. The number of likely N-dealkylation sites (N-methyl/N-ethyl adjacent to an activating group) is 1. The fourth-order valence-corrected chi connectivity index (χ4v) is 2.29. The second kappa shape index (κ2) is 6.46. The third kappa shape index (κ3) is 4.20. The summed E-state index contributed by atoms with van der Waals surface area (Å²) in [4.78, 5) is 9.47. The Bertz CT molecular complexity index is 481. The number of alkyl halides is 3. The molecule has 1 aliphatic rings. The first-order chi connectivity index (χ1) is 9.90. The number of aromatic nitrogens is 2. The summed E-state index contributed by atoms with van der Waals surface area (Å²) < 4.78 is 43.7. The van der Waals surface area contributed by atoms with E-state index in [1.54, 1.807) is 0 Å². The van der Waals surface area contributed by atoms with Gasteiger partial charge in [-0.2, -0.15) is 18.2 Å². The van der Waals surface area contributed by atoms with Crippen molar-refractivity contribution in [3.8, 4) is 5.88 Å². The number of rotatable bonds is 4. The average molecular weight is 304 g/mol. The highest BCUT2D eigenvalue weighted by molar-refractivity contribution is 5.31. The predicted octanol–water partition coefficient (Wildman–Crippen LogP) is 2.40. The molecular formula is C13H19F3N4O. The van der Waals surface area contributed by atoms with Gasteiger partial charge in [0.15, 0.2) is 5.69 Å². The number of nitrogens with zero attached hydrogens (tertiary/aromatic N) is 3. The van der Waals surface area contributed by atoms with Gasteiger partial charge in [0.05, 0.1) is 0 Å². The first-order valence-electron chi connectivity index (χ1n) is 6.87. The van der Waals surface area contributed by atoms with E-state index in [-0.39, 0.29) is 17.9 Å². The van der Waals surface area contributed by atoms with Gasteiger partial charge in [-0.15, -0.1) is 0 Å². The first kappa shape index (κ1) is 15.8. The van der Waals surface area contributed by atoms with Crippen molar-refractivity contribution in [1.82, 2.24) is 14.9 Å². The number of hydrogen-bond donors (Lipinski definition) is 1. The van der Waals surface area contributed by atoms with Crippen LogP contribution in [0, 0.1) is 0 Å². The van der Waals surface area contributed by atoms with E-state index in [9.17, 15) is 13.2 Å². The molecule has 5 nitrogen and oxygen atoms in total. The Morgan fingerprint density at radius 2 is 2.14 bits per heavy atom. The minimum absolute atomic E-state index is 0.0550. The van der Waals surface area contributed by atoms with Crippen molar-refractivity contribution in [2.75, 3.05) is 32.6 Å². The topological polar surface area (TPSA) is 50.3 Å². The number of halogens is 3. The third-order valence-electron chi connectivity index (χ3n) is 3.56. The molecule has 1 aliphatic heterocycles. The van der Waals surface area contributed by atoms with Crippen LogP contribution in [-0.4, -0.2) is 48.2 Å². The van der Waals surface area contributed by atoms with Gasteiger partial charge in [0.25, 0.3) is 0 Å². The summed E-state index contributed by atoms with van der Waals surface area (Å²) in [7, 11) is 3.46. The van der Waals surface area contributed by atoms with Crippen LogP contribution in [0.5, 0.6) is 5.88 Å². The van der Waals surface area contributed by atoms with E-state index >= 15 is 0 Å². The van der Waals surface area contributed by atoms with Crippen molar-refractivity contribution in [3.05, 3.63) is 11.8 Å². The highest BCUT2D eigenvalue weighted by Crippen LogP contribution is 2.30. The molecule has 1 N–H and O–H groups in total. The van der Waals surface area contributed by atoms with Crippen molar-refractivity contribution < 1.29 is 17.9 Å². The Morgan fingerprint density at radius 1 is 1.38 bits per heavy atom. The van der Waals surface area contributed by atoms with Gasteiger partial charge in [0.2, 0.25) is 11.8 Å². The largest absolute Gasteiger partial charge is 0.476 e. The van der Waals surface area contributed by atoms with E-state index in [1.807, 2.05) is 7.05 Å². The van der Waals surface area contributed by atoms with Crippen LogP contribution in [0.15, 0.2) is 6.07 Å². The Hall–Kier alpha value is -1.57. The normalized spacial score (nSPS) is 20.3. The van der Waals surface area contributed by atoms with Crippen molar-refractivity contribution in [2.45, 2.75) is 31.5 Å². The van der Waals surface area contributed by atoms with E-state index in [1.165, 1.54) is 7.05 Å². The van der Waals surface area contributed by atoms with Gasteiger partial charge in [-0.1, -0.05) is 6.42 Å². The smallest absolute Gasteiger partial charge is 0.433 e. The van der Waals surface area contributed by atoms with E-state index in [4.69, 9.17) is 4.74 Å². The van der Waals surface area contributed by atoms with E-state index in [0.717, 1.165) is 31.9 Å². The Kier molecular flexibility index (Phi) is 4.87. The second-order valence-corrected chi connectivity index (χ2v) is 5.10. The standard InChI is InChI=1S/C13H19F3N4O/c1-17-12-18-10(13(14,15)16)7-11(19-12)21-8-9-5-3-4-6-20(9)2/h7,9H,3-6,8H2,1-2H3,(H,17,18,19). The molecule has 0 radical (unpaired) electrons. The summed E-state index contributed by atoms with van der Waals surface area (Å²) in [5, 5.41) is 2.51. The van der Waals surface area contributed by atoms with Gasteiger partial charge in [-0.05, 0) is 26.4 Å². The molecule has 8 heteroatoms. The summed E-state index contributed by atoms with van der Waals surface area (Å²) in [6.45, 7) is 1.31.